The second kappa shape index (κ2) is 4.22. The summed E-state index contributed by atoms with van der Waals surface area (Å²) < 4.78 is 2.05. The Kier molecular flexibility index (Phi) is 2.58. The molecule has 16 heavy (non-hydrogen) atoms. The Morgan fingerprint density at radius 1 is 1.31 bits per heavy atom. The van der Waals surface area contributed by atoms with Crippen molar-refractivity contribution < 1.29 is 0 Å². The highest BCUT2D eigenvalue weighted by molar-refractivity contribution is 5.36. The summed E-state index contributed by atoms with van der Waals surface area (Å²) in [6.45, 7) is 2.16. The van der Waals surface area contributed by atoms with Crippen LogP contribution in [-0.4, -0.2) is 27.7 Å². The van der Waals surface area contributed by atoms with Crippen LogP contribution in [0, 0.1) is 5.92 Å². The molecular formula is C12H16N4. The molecule has 2 aromatic rings. The van der Waals surface area contributed by atoms with Gasteiger partial charge in [-0.3, -0.25) is 4.40 Å². The lowest BCUT2D eigenvalue weighted by Gasteiger charge is -2.02. The fourth-order valence-corrected chi connectivity index (χ4v) is 1.89. The van der Waals surface area contributed by atoms with Gasteiger partial charge in [-0.1, -0.05) is 6.07 Å². The number of pyridine rings is 1. The number of nitrogens with zero attached hydrogens (tertiary/aromatic N) is 3. The van der Waals surface area contributed by atoms with Crippen LogP contribution in [0.3, 0.4) is 0 Å². The van der Waals surface area contributed by atoms with Gasteiger partial charge in [0.1, 0.15) is 5.82 Å². The van der Waals surface area contributed by atoms with E-state index in [1.54, 1.807) is 0 Å². The predicted octanol–water partition coefficient (Wildman–Crippen LogP) is 1.27. The Labute approximate surface area is 94.7 Å². The molecule has 0 unspecified atom stereocenters. The summed E-state index contributed by atoms with van der Waals surface area (Å²) in [4.78, 5) is 0. The van der Waals surface area contributed by atoms with Gasteiger partial charge in [0, 0.05) is 19.2 Å². The number of aromatic nitrogens is 3. The van der Waals surface area contributed by atoms with Gasteiger partial charge in [0.05, 0.1) is 0 Å². The van der Waals surface area contributed by atoms with E-state index in [0.717, 1.165) is 36.9 Å². The highest BCUT2D eigenvalue weighted by atomic mass is 15.2. The fraction of sp³-hybridized carbons (Fsp3) is 0.500. The molecule has 4 nitrogen and oxygen atoms in total. The zero-order valence-corrected chi connectivity index (χ0v) is 9.26. The Bertz CT molecular complexity index is 473. The molecule has 0 radical (unpaired) electrons. The van der Waals surface area contributed by atoms with E-state index >= 15 is 0 Å². The lowest BCUT2D eigenvalue weighted by atomic mass is 10.3. The minimum absolute atomic E-state index is 0.930. The van der Waals surface area contributed by atoms with Gasteiger partial charge in [-0.2, -0.15) is 0 Å². The predicted molar refractivity (Wildman–Crippen MR) is 62.3 cm³/mol. The van der Waals surface area contributed by atoms with Crippen molar-refractivity contribution in [1.29, 1.82) is 0 Å². The average Bonchev–Trinajstić information content (AvgIpc) is 3.05. The van der Waals surface area contributed by atoms with E-state index < -0.39 is 0 Å². The molecule has 0 atom stereocenters. The molecule has 4 heteroatoms. The molecule has 3 rings (SSSR count). The van der Waals surface area contributed by atoms with Crippen LogP contribution in [0.1, 0.15) is 18.7 Å². The number of rotatable bonds is 5. The number of nitrogens with one attached hydrogen (secondary N) is 1. The second-order valence-electron chi connectivity index (χ2n) is 4.44. The molecule has 0 aromatic carbocycles. The van der Waals surface area contributed by atoms with E-state index in [2.05, 4.69) is 19.9 Å². The lowest BCUT2D eigenvalue weighted by molar-refractivity contribution is 0.626. The minimum Gasteiger partial charge on any atom is -0.316 e. The lowest BCUT2D eigenvalue weighted by Crippen LogP contribution is -2.20. The van der Waals surface area contributed by atoms with E-state index in [-0.39, 0.29) is 0 Å². The molecule has 1 fully saturated rings. The molecule has 0 aliphatic heterocycles. The van der Waals surface area contributed by atoms with Crippen LogP contribution in [0.5, 0.6) is 0 Å². The summed E-state index contributed by atoms with van der Waals surface area (Å²) >= 11 is 0. The van der Waals surface area contributed by atoms with Crippen molar-refractivity contribution in [2.45, 2.75) is 19.3 Å². The van der Waals surface area contributed by atoms with Crippen LogP contribution in [0.4, 0.5) is 0 Å². The van der Waals surface area contributed by atoms with Crippen molar-refractivity contribution in [2.24, 2.45) is 5.92 Å². The van der Waals surface area contributed by atoms with Gasteiger partial charge in [-0.25, -0.2) is 0 Å². The monoisotopic (exact) mass is 216 g/mol. The second-order valence-corrected chi connectivity index (χ2v) is 4.44. The van der Waals surface area contributed by atoms with Gasteiger partial charge in [0.25, 0.3) is 0 Å². The summed E-state index contributed by atoms with van der Waals surface area (Å²) in [5.74, 6) is 1.98. The summed E-state index contributed by atoms with van der Waals surface area (Å²) in [6, 6.07) is 5.98. The molecule has 1 N–H and O–H groups in total. The zero-order chi connectivity index (χ0) is 10.8. The van der Waals surface area contributed by atoms with E-state index in [9.17, 15) is 0 Å². The largest absolute Gasteiger partial charge is 0.316 e. The maximum Gasteiger partial charge on any atom is 0.160 e. The zero-order valence-electron chi connectivity index (χ0n) is 9.26. The maximum atomic E-state index is 4.20. The molecule has 0 bridgehead atoms. The smallest absolute Gasteiger partial charge is 0.160 e. The van der Waals surface area contributed by atoms with Gasteiger partial charge in [-0.15, -0.1) is 10.2 Å². The third-order valence-corrected chi connectivity index (χ3v) is 3.04. The molecule has 84 valence electrons. The Balaban J connectivity index is 1.60. The van der Waals surface area contributed by atoms with Gasteiger partial charge in [0.15, 0.2) is 5.65 Å². The molecule has 1 aliphatic carbocycles. The summed E-state index contributed by atoms with van der Waals surface area (Å²) in [7, 11) is 0. The number of hydrogen-bond acceptors (Lipinski definition) is 3. The van der Waals surface area contributed by atoms with Crippen molar-refractivity contribution in [1.82, 2.24) is 19.9 Å². The van der Waals surface area contributed by atoms with Crippen LogP contribution in [-0.2, 0) is 6.42 Å². The Morgan fingerprint density at radius 3 is 3.12 bits per heavy atom. The van der Waals surface area contributed by atoms with Gasteiger partial charge >= 0.3 is 0 Å². The van der Waals surface area contributed by atoms with E-state index in [1.807, 2.05) is 24.4 Å². The van der Waals surface area contributed by atoms with Crippen LogP contribution >= 0.6 is 0 Å². The van der Waals surface area contributed by atoms with Crippen molar-refractivity contribution in [3.05, 3.63) is 30.2 Å². The summed E-state index contributed by atoms with van der Waals surface area (Å²) in [6.07, 6.45) is 5.77. The highest BCUT2D eigenvalue weighted by Gasteiger charge is 2.20. The van der Waals surface area contributed by atoms with E-state index in [0.29, 0.717) is 0 Å². The van der Waals surface area contributed by atoms with Crippen LogP contribution in [0.25, 0.3) is 5.65 Å². The topological polar surface area (TPSA) is 42.2 Å². The van der Waals surface area contributed by atoms with Crippen molar-refractivity contribution >= 4 is 5.65 Å². The van der Waals surface area contributed by atoms with E-state index in [4.69, 9.17) is 0 Å². The van der Waals surface area contributed by atoms with Crippen LogP contribution in [0.2, 0.25) is 0 Å². The molecule has 0 amide bonds. The minimum atomic E-state index is 0.930. The number of hydrogen-bond donors (Lipinski definition) is 1. The highest BCUT2D eigenvalue weighted by Crippen LogP contribution is 2.27. The SMILES string of the molecule is c1ccn2c(CCNCC3CC3)nnc2c1. The molecule has 1 aliphatic rings. The molecular weight excluding hydrogens is 200 g/mol. The first-order valence-corrected chi connectivity index (χ1v) is 5.93. The Hall–Kier alpha value is -1.42. The van der Waals surface area contributed by atoms with Gasteiger partial charge in [-0.05, 0) is 37.4 Å². The average molecular weight is 216 g/mol. The molecule has 0 saturated heterocycles. The van der Waals surface area contributed by atoms with Crippen LogP contribution < -0.4 is 5.32 Å². The first kappa shape index (κ1) is 9.78. The molecule has 1 saturated carbocycles. The Morgan fingerprint density at radius 2 is 2.25 bits per heavy atom. The quantitative estimate of drug-likeness (QED) is 0.765. The standard InChI is InChI=1S/C12H16N4/c1-2-8-16-11(3-1)14-15-12(16)6-7-13-9-10-4-5-10/h1-3,8,10,13H,4-7,9H2. The van der Waals surface area contributed by atoms with Crippen molar-refractivity contribution in [2.75, 3.05) is 13.1 Å². The number of fused-ring (bicyclic) bond motifs is 1. The molecule has 0 spiro atoms. The third-order valence-electron chi connectivity index (χ3n) is 3.04. The van der Waals surface area contributed by atoms with E-state index in [1.165, 1.54) is 12.8 Å². The molecule has 2 heterocycles. The molecule has 2 aromatic heterocycles. The van der Waals surface area contributed by atoms with Gasteiger partial charge in [0.2, 0.25) is 0 Å². The first-order valence-electron chi connectivity index (χ1n) is 5.93. The summed E-state index contributed by atoms with van der Waals surface area (Å²) in [5, 5.41) is 11.8. The maximum absolute atomic E-state index is 4.20. The third kappa shape index (κ3) is 2.07. The van der Waals surface area contributed by atoms with Crippen LogP contribution in [0.15, 0.2) is 24.4 Å². The first-order chi connectivity index (χ1) is 7.93. The van der Waals surface area contributed by atoms with Gasteiger partial charge < -0.3 is 5.32 Å². The normalized spacial score (nSPS) is 15.8. The fourth-order valence-electron chi connectivity index (χ4n) is 1.89. The van der Waals surface area contributed by atoms with Crippen molar-refractivity contribution in [3.63, 3.8) is 0 Å². The summed E-state index contributed by atoms with van der Waals surface area (Å²) in [5.41, 5.74) is 0.930. The van der Waals surface area contributed by atoms with Crippen molar-refractivity contribution in [3.8, 4) is 0 Å².